The molecule has 1 heterocycles. The van der Waals surface area contributed by atoms with Crippen molar-refractivity contribution in [1.82, 2.24) is 4.98 Å². The molecular formula is C8H12N2OS. The quantitative estimate of drug-likeness (QED) is 0.761. The fraction of sp³-hybridized carbons (Fsp3) is 0.625. The van der Waals surface area contributed by atoms with Crippen LogP contribution in [0.2, 0.25) is 0 Å². The highest BCUT2D eigenvalue weighted by molar-refractivity contribution is 7.10. The SMILES string of the molecule is COC1(c2nc(N)cs2)CCC1. The van der Waals surface area contributed by atoms with Gasteiger partial charge in [0.05, 0.1) is 0 Å². The maximum absolute atomic E-state index is 5.55. The Labute approximate surface area is 75.6 Å². The zero-order valence-electron chi connectivity index (χ0n) is 7.04. The zero-order valence-corrected chi connectivity index (χ0v) is 7.86. The van der Waals surface area contributed by atoms with Gasteiger partial charge in [0.25, 0.3) is 0 Å². The lowest BCUT2D eigenvalue weighted by atomic mass is 9.80. The van der Waals surface area contributed by atoms with E-state index in [1.807, 2.05) is 5.38 Å². The number of aromatic nitrogens is 1. The fourth-order valence-corrected chi connectivity index (χ4v) is 2.44. The Bertz CT molecular complexity index is 275. The van der Waals surface area contributed by atoms with E-state index >= 15 is 0 Å². The summed E-state index contributed by atoms with van der Waals surface area (Å²) >= 11 is 1.60. The summed E-state index contributed by atoms with van der Waals surface area (Å²) < 4.78 is 5.47. The van der Waals surface area contributed by atoms with Crippen molar-refractivity contribution in [2.75, 3.05) is 12.8 Å². The minimum atomic E-state index is -0.0950. The number of thiazole rings is 1. The summed E-state index contributed by atoms with van der Waals surface area (Å²) in [7, 11) is 1.75. The molecule has 0 saturated heterocycles. The predicted molar refractivity (Wildman–Crippen MR) is 49.1 cm³/mol. The fourth-order valence-electron chi connectivity index (χ4n) is 1.50. The lowest BCUT2D eigenvalue weighted by Crippen LogP contribution is -2.35. The molecule has 0 bridgehead atoms. The Balaban J connectivity index is 2.27. The third-order valence-corrected chi connectivity index (χ3v) is 3.51. The van der Waals surface area contributed by atoms with Crippen LogP contribution in [0.4, 0.5) is 5.82 Å². The highest BCUT2D eigenvalue weighted by Gasteiger charge is 2.41. The number of hydrogen-bond donors (Lipinski definition) is 1. The molecule has 1 aliphatic rings. The molecule has 1 aliphatic carbocycles. The molecule has 3 nitrogen and oxygen atoms in total. The van der Waals surface area contributed by atoms with Crippen molar-refractivity contribution < 1.29 is 4.74 Å². The Kier molecular flexibility index (Phi) is 1.81. The number of rotatable bonds is 2. The van der Waals surface area contributed by atoms with Crippen LogP contribution in [0.3, 0.4) is 0 Å². The van der Waals surface area contributed by atoms with Crippen LogP contribution in [0.5, 0.6) is 0 Å². The van der Waals surface area contributed by atoms with Crippen molar-refractivity contribution in [2.45, 2.75) is 24.9 Å². The van der Waals surface area contributed by atoms with E-state index < -0.39 is 0 Å². The molecule has 2 N–H and O–H groups in total. The largest absolute Gasteiger partial charge is 0.383 e. The molecule has 1 aromatic heterocycles. The van der Waals surface area contributed by atoms with Crippen LogP contribution in [0, 0.1) is 0 Å². The van der Waals surface area contributed by atoms with E-state index in [1.165, 1.54) is 6.42 Å². The van der Waals surface area contributed by atoms with Gasteiger partial charge in [-0.1, -0.05) is 0 Å². The number of nitrogens with zero attached hydrogens (tertiary/aromatic N) is 1. The number of nitrogen functional groups attached to an aromatic ring is 1. The van der Waals surface area contributed by atoms with Crippen LogP contribution >= 0.6 is 11.3 Å². The van der Waals surface area contributed by atoms with E-state index in [0.29, 0.717) is 5.82 Å². The second kappa shape index (κ2) is 2.71. The first-order chi connectivity index (χ1) is 5.77. The first kappa shape index (κ1) is 8.01. The van der Waals surface area contributed by atoms with Gasteiger partial charge in [0.2, 0.25) is 0 Å². The van der Waals surface area contributed by atoms with Crippen LogP contribution in [-0.4, -0.2) is 12.1 Å². The van der Waals surface area contributed by atoms with Gasteiger partial charge in [-0.05, 0) is 19.3 Å². The summed E-state index contributed by atoms with van der Waals surface area (Å²) in [5.41, 5.74) is 5.46. The second-order valence-corrected chi connectivity index (χ2v) is 3.99. The number of hydrogen-bond acceptors (Lipinski definition) is 4. The molecule has 0 unspecified atom stereocenters. The first-order valence-electron chi connectivity index (χ1n) is 4.03. The molecular weight excluding hydrogens is 172 g/mol. The summed E-state index contributed by atoms with van der Waals surface area (Å²) in [5, 5.41) is 2.91. The minimum Gasteiger partial charge on any atom is -0.383 e. The topological polar surface area (TPSA) is 48.1 Å². The Morgan fingerprint density at radius 1 is 1.67 bits per heavy atom. The molecule has 2 rings (SSSR count). The van der Waals surface area contributed by atoms with Crippen LogP contribution in [0.1, 0.15) is 24.3 Å². The van der Waals surface area contributed by atoms with Crippen molar-refractivity contribution in [3.8, 4) is 0 Å². The molecule has 1 saturated carbocycles. The van der Waals surface area contributed by atoms with Crippen LogP contribution in [0.25, 0.3) is 0 Å². The van der Waals surface area contributed by atoms with E-state index in [2.05, 4.69) is 4.98 Å². The Hall–Kier alpha value is -0.610. The van der Waals surface area contributed by atoms with E-state index in [4.69, 9.17) is 10.5 Å². The lowest BCUT2D eigenvalue weighted by Gasteiger charge is -2.38. The summed E-state index contributed by atoms with van der Waals surface area (Å²) in [6.45, 7) is 0. The third-order valence-electron chi connectivity index (χ3n) is 2.46. The van der Waals surface area contributed by atoms with E-state index in [-0.39, 0.29) is 5.60 Å². The standard InChI is InChI=1S/C8H12N2OS/c1-11-8(3-2-4-8)7-10-6(9)5-12-7/h5H,2-4,9H2,1H3. The third kappa shape index (κ3) is 1.03. The molecule has 0 radical (unpaired) electrons. The average Bonchev–Trinajstić information content (AvgIpc) is 2.35. The van der Waals surface area contributed by atoms with Crippen LogP contribution in [0.15, 0.2) is 5.38 Å². The number of nitrogens with two attached hydrogens (primary N) is 1. The number of anilines is 1. The molecule has 1 aromatic rings. The molecule has 1 fully saturated rings. The van der Waals surface area contributed by atoms with Gasteiger partial charge in [0.1, 0.15) is 16.4 Å². The van der Waals surface area contributed by atoms with E-state index in [9.17, 15) is 0 Å². The second-order valence-electron chi connectivity index (χ2n) is 3.13. The smallest absolute Gasteiger partial charge is 0.134 e. The zero-order chi connectivity index (χ0) is 8.60. The van der Waals surface area contributed by atoms with Crippen LogP contribution < -0.4 is 5.73 Å². The molecule has 12 heavy (non-hydrogen) atoms. The van der Waals surface area contributed by atoms with Gasteiger partial charge < -0.3 is 10.5 Å². The monoisotopic (exact) mass is 184 g/mol. The first-order valence-corrected chi connectivity index (χ1v) is 4.91. The van der Waals surface area contributed by atoms with Gasteiger partial charge in [-0.2, -0.15) is 0 Å². The van der Waals surface area contributed by atoms with Gasteiger partial charge in [0.15, 0.2) is 0 Å². The van der Waals surface area contributed by atoms with Crippen molar-refractivity contribution in [3.05, 3.63) is 10.4 Å². The van der Waals surface area contributed by atoms with E-state index in [0.717, 1.165) is 17.8 Å². The van der Waals surface area contributed by atoms with Gasteiger partial charge in [-0.25, -0.2) is 4.98 Å². The van der Waals surface area contributed by atoms with Gasteiger partial charge in [-0.15, -0.1) is 11.3 Å². The van der Waals surface area contributed by atoms with Gasteiger partial charge in [0, 0.05) is 12.5 Å². The molecule has 4 heteroatoms. The van der Waals surface area contributed by atoms with Crippen molar-refractivity contribution >= 4 is 17.2 Å². The molecule has 0 aliphatic heterocycles. The summed E-state index contributed by atoms with van der Waals surface area (Å²) in [6.07, 6.45) is 3.39. The minimum absolute atomic E-state index is 0.0950. The van der Waals surface area contributed by atoms with E-state index in [1.54, 1.807) is 18.4 Å². The molecule has 66 valence electrons. The average molecular weight is 184 g/mol. The Morgan fingerprint density at radius 2 is 2.42 bits per heavy atom. The molecule has 0 amide bonds. The van der Waals surface area contributed by atoms with Gasteiger partial charge >= 0.3 is 0 Å². The van der Waals surface area contributed by atoms with Crippen LogP contribution in [-0.2, 0) is 10.3 Å². The molecule has 0 spiro atoms. The number of methoxy groups -OCH3 is 1. The summed E-state index contributed by atoms with van der Waals surface area (Å²) in [6, 6.07) is 0. The van der Waals surface area contributed by atoms with Gasteiger partial charge in [-0.3, -0.25) is 0 Å². The summed E-state index contributed by atoms with van der Waals surface area (Å²) in [5.74, 6) is 0.610. The van der Waals surface area contributed by atoms with Crippen molar-refractivity contribution in [2.24, 2.45) is 0 Å². The summed E-state index contributed by atoms with van der Waals surface area (Å²) in [4.78, 5) is 4.25. The molecule has 0 aromatic carbocycles. The molecule has 0 atom stereocenters. The van der Waals surface area contributed by atoms with Crippen molar-refractivity contribution in [3.63, 3.8) is 0 Å². The highest BCUT2D eigenvalue weighted by Crippen LogP contribution is 2.45. The maximum Gasteiger partial charge on any atom is 0.134 e. The predicted octanol–water partition coefficient (Wildman–Crippen LogP) is 1.75. The maximum atomic E-state index is 5.55. The highest BCUT2D eigenvalue weighted by atomic mass is 32.1. The Morgan fingerprint density at radius 3 is 2.75 bits per heavy atom. The lowest BCUT2D eigenvalue weighted by molar-refractivity contribution is -0.0778. The normalized spacial score (nSPS) is 20.4. The number of ether oxygens (including phenoxy) is 1. The van der Waals surface area contributed by atoms with Crippen molar-refractivity contribution in [1.29, 1.82) is 0 Å².